The SMILES string of the molecule is CON(Cc1ccc(-c2noc(C(C)(F)F)n2)cn1)S(=O)(=O)N(C)C. The Labute approximate surface area is 143 Å². The van der Waals surface area contributed by atoms with Crippen molar-refractivity contribution in [2.45, 2.75) is 19.4 Å². The van der Waals surface area contributed by atoms with Gasteiger partial charge in [0.1, 0.15) is 0 Å². The number of hydroxylamine groups is 1. The van der Waals surface area contributed by atoms with Crippen LogP contribution in [-0.2, 0) is 27.5 Å². The summed E-state index contributed by atoms with van der Waals surface area (Å²) in [6.45, 7) is 0.512. The van der Waals surface area contributed by atoms with E-state index in [1.54, 1.807) is 0 Å². The number of hydrogen-bond acceptors (Lipinski definition) is 7. The van der Waals surface area contributed by atoms with Gasteiger partial charge in [0, 0.05) is 32.8 Å². The maximum atomic E-state index is 13.1. The second-order valence-corrected chi connectivity index (χ2v) is 7.32. The molecule has 0 atom stereocenters. The van der Waals surface area contributed by atoms with E-state index >= 15 is 0 Å². The lowest BCUT2D eigenvalue weighted by Gasteiger charge is -2.22. The summed E-state index contributed by atoms with van der Waals surface area (Å²) in [4.78, 5) is 12.6. The molecule has 0 radical (unpaired) electrons. The smallest absolute Gasteiger partial charge is 0.322 e. The summed E-state index contributed by atoms with van der Waals surface area (Å²) in [5.41, 5.74) is 0.725. The number of alkyl halides is 2. The van der Waals surface area contributed by atoms with Crippen LogP contribution in [0, 0.1) is 0 Å². The fourth-order valence-corrected chi connectivity index (χ4v) is 2.57. The van der Waals surface area contributed by atoms with Crippen LogP contribution in [0.25, 0.3) is 11.4 Å². The molecule has 2 rings (SSSR count). The lowest BCUT2D eigenvalue weighted by Crippen LogP contribution is -2.39. The van der Waals surface area contributed by atoms with Gasteiger partial charge >= 0.3 is 16.1 Å². The van der Waals surface area contributed by atoms with Crippen LogP contribution >= 0.6 is 0 Å². The van der Waals surface area contributed by atoms with Crippen LogP contribution in [0.15, 0.2) is 22.9 Å². The summed E-state index contributed by atoms with van der Waals surface area (Å²) in [6, 6.07) is 3.02. The molecule has 25 heavy (non-hydrogen) atoms. The third kappa shape index (κ3) is 4.34. The molecule has 12 heteroatoms. The van der Waals surface area contributed by atoms with Crippen LogP contribution in [0.4, 0.5) is 8.78 Å². The Balaban J connectivity index is 2.18. The maximum absolute atomic E-state index is 13.1. The van der Waals surface area contributed by atoms with Crippen LogP contribution in [0.2, 0.25) is 0 Å². The normalized spacial score (nSPS) is 13.0. The minimum Gasteiger partial charge on any atom is -0.332 e. The number of aromatic nitrogens is 3. The van der Waals surface area contributed by atoms with Gasteiger partial charge in [-0.15, -0.1) is 0 Å². The molecule has 0 bridgehead atoms. The number of rotatable bonds is 7. The molecule has 0 saturated heterocycles. The molecule has 138 valence electrons. The van der Waals surface area contributed by atoms with Gasteiger partial charge in [-0.05, 0) is 12.1 Å². The van der Waals surface area contributed by atoms with Crippen LogP contribution in [0.5, 0.6) is 0 Å². The third-order valence-corrected chi connectivity index (χ3v) is 4.81. The molecule has 0 spiro atoms. The molecule has 2 heterocycles. The van der Waals surface area contributed by atoms with Crippen molar-refractivity contribution in [3.05, 3.63) is 29.9 Å². The van der Waals surface area contributed by atoms with Gasteiger partial charge in [0.2, 0.25) is 5.82 Å². The first-order chi connectivity index (χ1) is 11.6. The van der Waals surface area contributed by atoms with Gasteiger partial charge in [-0.25, -0.2) is 0 Å². The van der Waals surface area contributed by atoms with Crippen molar-refractivity contribution >= 4 is 10.2 Å². The fourth-order valence-electron chi connectivity index (χ4n) is 1.72. The summed E-state index contributed by atoms with van der Waals surface area (Å²) in [5, 5.41) is 3.48. The lowest BCUT2D eigenvalue weighted by atomic mass is 10.2. The molecule has 2 aromatic heterocycles. The van der Waals surface area contributed by atoms with Crippen molar-refractivity contribution in [1.82, 2.24) is 23.9 Å². The summed E-state index contributed by atoms with van der Waals surface area (Å²) in [7, 11) is 0.183. The topological polar surface area (TPSA) is 102 Å². The average Bonchev–Trinajstić information content (AvgIpc) is 3.03. The highest BCUT2D eigenvalue weighted by molar-refractivity contribution is 7.86. The molecule has 0 aliphatic carbocycles. The predicted molar refractivity (Wildman–Crippen MR) is 82.3 cm³/mol. The Kier molecular flexibility index (Phi) is 5.46. The Morgan fingerprint density at radius 3 is 2.44 bits per heavy atom. The lowest BCUT2D eigenvalue weighted by molar-refractivity contribution is -0.0606. The first kappa shape index (κ1) is 19.3. The second kappa shape index (κ2) is 7.07. The quantitative estimate of drug-likeness (QED) is 0.672. The zero-order chi connectivity index (χ0) is 18.8. The van der Waals surface area contributed by atoms with E-state index in [0.717, 1.165) is 8.77 Å². The number of hydrogen-bond donors (Lipinski definition) is 0. The first-order valence-electron chi connectivity index (χ1n) is 6.97. The number of pyridine rings is 1. The molecule has 0 fully saturated rings. The molecule has 0 amide bonds. The van der Waals surface area contributed by atoms with E-state index < -0.39 is 22.0 Å². The van der Waals surface area contributed by atoms with E-state index in [4.69, 9.17) is 4.84 Å². The van der Waals surface area contributed by atoms with E-state index in [-0.39, 0.29) is 12.4 Å². The first-order valence-corrected chi connectivity index (χ1v) is 8.37. The predicted octanol–water partition coefficient (Wildman–Crippen LogP) is 1.41. The minimum atomic E-state index is -3.78. The Hall–Kier alpha value is -2.02. The molecule has 0 aliphatic heterocycles. The Bertz CT molecular complexity index is 818. The van der Waals surface area contributed by atoms with Crippen LogP contribution < -0.4 is 0 Å². The standard InChI is InChI=1S/C13H17F2N5O4S/c1-13(14,15)12-17-11(18-24-12)9-5-6-10(16-7-9)8-20(23-4)25(21,22)19(2)3/h5-7H,8H2,1-4H3. The summed E-state index contributed by atoms with van der Waals surface area (Å²) in [6.07, 6.45) is 1.33. The molecule has 2 aromatic rings. The molecular weight excluding hydrogens is 360 g/mol. The van der Waals surface area contributed by atoms with Crippen LogP contribution in [0.3, 0.4) is 0 Å². The van der Waals surface area contributed by atoms with Crippen molar-refractivity contribution < 1.29 is 26.6 Å². The Morgan fingerprint density at radius 1 is 1.32 bits per heavy atom. The van der Waals surface area contributed by atoms with Crippen LogP contribution in [-0.4, -0.2) is 53.5 Å². The van der Waals surface area contributed by atoms with E-state index in [1.807, 2.05) is 0 Å². The zero-order valence-corrected chi connectivity index (χ0v) is 14.8. The van der Waals surface area contributed by atoms with E-state index in [0.29, 0.717) is 18.2 Å². The zero-order valence-electron chi connectivity index (χ0n) is 14.0. The molecule has 9 nitrogen and oxygen atoms in total. The van der Waals surface area contributed by atoms with Gasteiger partial charge in [-0.1, -0.05) is 9.63 Å². The van der Waals surface area contributed by atoms with Gasteiger partial charge < -0.3 is 4.52 Å². The highest BCUT2D eigenvalue weighted by Gasteiger charge is 2.32. The van der Waals surface area contributed by atoms with Crippen molar-refractivity contribution in [1.29, 1.82) is 0 Å². The molecule has 0 aliphatic rings. The minimum absolute atomic E-state index is 0.0416. The number of nitrogens with zero attached hydrogens (tertiary/aromatic N) is 5. The monoisotopic (exact) mass is 377 g/mol. The summed E-state index contributed by atoms with van der Waals surface area (Å²) >= 11 is 0. The molecule has 0 aromatic carbocycles. The van der Waals surface area contributed by atoms with Gasteiger partial charge in [0.15, 0.2) is 0 Å². The van der Waals surface area contributed by atoms with E-state index in [1.165, 1.54) is 39.5 Å². The van der Waals surface area contributed by atoms with E-state index in [2.05, 4.69) is 19.6 Å². The number of halogens is 2. The van der Waals surface area contributed by atoms with Gasteiger partial charge in [0.25, 0.3) is 5.89 Å². The second-order valence-electron chi connectivity index (χ2n) is 5.28. The fraction of sp³-hybridized carbons (Fsp3) is 0.462. The summed E-state index contributed by atoms with van der Waals surface area (Å²) in [5.74, 6) is -4.08. The van der Waals surface area contributed by atoms with Gasteiger partial charge in [-0.3, -0.25) is 9.82 Å². The van der Waals surface area contributed by atoms with Crippen molar-refractivity contribution in [2.75, 3.05) is 21.2 Å². The molecule has 0 saturated carbocycles. The molecule has 0 N–H and O–H groups in total. The largest absolute Gasteiger partial charge is 0.332 e. The van der Waals surface area contributed by atoms with Gasteiger partial charge in [-0.2, -0.15) is 26.5 Å². The van der Waals surface area contributed by atoms with E-state index in [9.17, 15) is 17.2 Å². The maximum Gasteiger partial charge on any atom is 0.322 e. The van der Waals surface area contributed by atoms with Crippen molar-refractivity contribution in [3.8, 4) is 11.4 Å². The van der Waals surface area contributed by atoms with Crippen molar-refractivity contribution in [3.63, 3.8) is 0 Å². The van der Waals surface area contributed by atoms with Gasteiger partial charge in [0.05, 0.1) is 19.3 Å². The highest BCUT2D eigenvalue weighted by Crippen LogP contribution is 2.27. The molecular formula is C13H17F2N5O4S. The van der Waals surface area contributed by atoms with Crippen molar-refractivity contribution in [2.24, 2.45) is 0 Å². The molecule has 0 unspecified atom stereocenters. The van der Waals surface area contributed by atoms with Crippen LogP contribution in [0.1, 0.15) is 18.5 Å². The Morgan fingerprint density at radius 2 is 2.00 bits per heavy atom. The highest BCUT2D eigenvalue weighted by atomic mass is 32.2. The average molecular weight is 377 g/mol. The summed E-state index contributed by atoms with van der Waals surface area (Å²) < 4.78 is 56.6. The third-order valence-electron chi connectivity index (χ3n) is 3.10.